The Morgan fingerprint density at radius 1 is 1.15 bits per heavy atom. The Balaban J connectivity index is 1.26. The Morgan fingerprint density at radius 2 is 1.88 bits per heavy atom. The zero-order valence-electron chi connectivity index (χ0n) is 23.0. The van der Waals surface area contributed by atoms with E-state index in [2.05, 4.69) is 15.7 Å². The number of aliphatic hydroxyl groups excluding tert-OH is 1. The van der Waals surface area contributed by atoms with Gasteiger partial charge in [0, 0.05) is 19.4 Å². The average molecular weight is 562 g/mol. The number of alkyl carbamates (subject to hydrolysis) is 1. The van der Waals surface area contributed by atoms with Gasteiger partial charge in [0.25, 0.3) is 0 Å². The standard InChI is InChI=1S/C30H35N5O6/c1-40-28(38)30(14-22(36)15-31-27(30)37)13-21-11-12-24-32-23(16-35(24)34-21)26(25(19-7-8-19)20-9-10-20)33-29(39)41-17-18-5-3-2-4-6-18/h2-6,11-12,16,19-20,22,25-26,36H,7-10,13-15,17H2,1H3,(H,31,37)(H,33,39)/t22?,26-,30?/m1/s1. The zero-order chi connectivity index (χ0) is 28.6. The lowest BCUT2D eigenvalue weighted by Crippen LogP contribution is -2.57. The van der Waals surface area contributed by atoms with Crippen molar-refractivity contribution in [3.63, 3.8) is 0 Å². The van der Waals surface area contributed by atoms with Gasteiger partial charge >= 0.3 is 12.1 Å². The molecule has 2 aliphatic carbocycles. The number of imidazole rings is 1. The van der Waals surface area contributed by atoms with Gasteiger partial charge in [0.2, 0.25) is 5.91 Å². The number of ether oxygens (including phenoxy) is 2. The monoisotopic (exact) mass is 561 g/mol. The lowest BCUT2D eigenvalue weighted by atomic mass is 9.75. The molecule has 3 atom stereocenters. The molecule has 3 fully saturated rings. The van der Waals surface area contributed by atoms with E-state index in [-0.39, 0.29) is 38.0 Å². The number of carbonyl (C=O) groups excluding carboxylic acids is 3. The molecular weight excluding hydrogens is 526 g/mol. The number of aliphatic hydroxyl groups is 1. The van der Waals surface area contributed by atoms with E-state index >= 15 is 0 Å². The summed E-state index contributed by atoms with van der Waals surface area (Å²) in [6, 6.07) is 12.7. The molecular formula is C30H35N5O6. The molecule has 3 aliphatic rings. The number of rotatable bonds is 10. The topological polar surface area (TPSA) is 144 Å². The van der Waals surface area contributed by atoms with Gasteiger partial charge in [0.1, 0.15) is 6.61 Å². The molecule has 2 saturated carbocycles. The number of hydrogen-bond acceptors (Lipinski definition) is 8. The van der Waals surface area contributed by atoms with Crippen molar-refractivity contribution in [2.24, 2.45) is 23.2 Å². The predicted octanol–water partition coefficient (Wildman–Crippen LogP) is 2.72. The summed E-state index contributed by atoms with van der Waals surface area (Å²) >= 11 is 0. The second-order valence-electron chi connectivity index (χ2n) is 11.5. The molecule has 2 unspecified atom stereocenters. The van der Waals surface area contributed by atoms with Gasteiger partial charge in [-0.15, -0.1) is 0 Å². The number of carbonyl (C=O) groups is 3. The van der Waals surface area contributed by atoms with Gasteiger partial charge < -0.3 is 25.2 Å². The van der Waals surface area contributed by atoms with Crippen LogP contribution in [0.2, 0.25) is 0 Å². The van der Waals surface area contributed by atoms with Crippen LogP contribution in [0.3, 0.4) is 0 Å². The van der Waals surface area contributed by atoms with Crippen LogP contribution in [0, 0.1) is 23.2 Å². The Bertz CT molecular complexity index is 1410. The maximum absolute atomic E-state index is 13.0. The number of hydrogen-bond donors (Lipinski definition) is 3. The summed E-state index contributed by atoms with van der Waals surface area (Å²) in [7, 11) is 1.23. The molecule has 11 nitrogen and oxygen atoms in total. The average Bonchev–Trinajstić information content (AvgIpc) is 3.92. The Morgan fingerprint density at radius 3 is 2.56 bits per heavy atom. The predicted molar refractivity (Wildman–Crippen MR) is 146 cm³/mol. The summed E-state index contributed by atoms with van der Waals surface area (Å²) in [6.07, 6.45) is 4.90. The number of nitrogens with zero attached hydrogens (tertiary/aromatic N) is 3. The van der Waals surface area contributed by atoms with Gasteiger partial charge in [-0.2, -0.15) is 5.10 Å². The first-order valence-corrected chi connectivity index (χ1v) is 14.2. The molecule has 2 amide bonds. The molecule has 6 rings (SSSR count). The van der Waals surface area contributed by atoms with Crippen LogP contribution in [0.25, 0.3) is 5.65 Å². The van der Waals surface area contributed by atoms with Crippen LogP contribution >= 0.6 is 0 Å². The van der Waals surface area contributed by atoms with E-state index in [1.165, 1.54) is 7.11 Å². The highest BCUT2D eigenvalue weighted by molar-refractivity contribution is 6.03. The number of esters is 1. The van der Waals surface area contributed by atoms with Crippen molar-refractivity contribution in [3.05, 3.63) is 65.6 Å². The molecule has 0 bridgehead atoms. The number of β-amino-alcohol motifs (C(OH)–C–C–N with tert-alkyl or cyclic N) is 1. The van der Waals surface area contributed by atoms with E-state index in [1.54, 1.807) is 22.8 Å². The minimum atomic E-state index is -1.58. The van der Waals surface area contributed by atoms with Crippen LogP contribution in [0.4, 0.5) is 4.79 Å². The molecule has 2 aromatic heterocycles. The van der Waals surface area contributed by atoms with Crippen molar-refractivity contribution in [1.82, 2.24) is 25.2 Å². The van der Waals surface area contributed by atoms with Gasteiger partial charge in [0.15, 0.2) is 11.1 Å². The fourth-order valence-corrected chi connectivity index (χ4v) is 6.19. The van der Waals surface area contributed by atoms with Crippen molar-refractivity contribution >= 4 is 23.6 Å². The number of aromatic nitrogens is 3. The van der Waals surface area contributed by atoms with Gasteiger partial charge in [0.05, 0.1) is 36.8 Å². The molecule has 3 N–H and O–H groups in total. The van der Waals surface area contributed by atoms with Crippen molar-refractivity contribution in [2.75, 3.05) is 13.7 Å². The van der Waals surface area contributed by atoms with Crippen molar-refractivity contribution in [3.8, 4) is 0 Å². The maximum atomic E-state index is 13.0. The zero-order valence-corrected chi connectivity index (χ0v) is 23.0. The number of benzene rings is 1. The van der Waals surface area contributed by atoms with Gasteiger partial charge in [-0.25, -0.2) is 14.3 Å². The summed E-state index contributed by atoms with van der Waals surface area (Å²) in [6.45, 7) is 0.261. The third-order valence-electron chi connectivity index (χ3n) is 8.49. The largest absolute Gasteiger partial charge is 0.468 e. The van der Waals surface area contributed by atoms with Crippen LogP contribution in [0.1, 0.15) is 55.1 Å². The molecule has 1 aromatic carbocycles. The molecule has 11 heteroatoms. The van der Waals surface area contributed by atoms with Crippen LogP contribution in [0.15, 0.2) is 48.7 Å². The minimum absolute atomic E-state index is 0.0354. The normalized spacial score (nSPS) is 23.2. The van der Waals surface area contributed by atoms with Gasteiger partial charge in [-0.3, -0.25) is 9.59 Å². The Labute approximate surface area is 237 Å². The van der Waals surface area contributed by atoms with Crippen molar-refractivity contribution < 1.29 is 29.0 Å². The molecule has 1 saturated heterocycles. The third kappa shape index (κ3) is 5.76. The smallest absolute Gasteiger partial charge is 0.408 e. The quantitative estimate of drug-likeness (QED) is 0.253. The van der Waals surface area contributed by atoms with E-state index in [0.29, 0.717) is 28.9 Å². The van der Waals surface area contributed by atoms with Crippen molar-refractivity contribution in [1.29, 1.82) is 0 Å². The summed E-state index contributed by atoms with van der Waals surface area (Å²) < 4.78 is 12.2. The molecule has 216 valence electrons. The highest BCUT2D eigenvalue weighted by Crippen LogP contribution is 2.54. The number of piperidine rings is 1. The highest BCUT2D eigenvalue weighted by atomic mass is 16.5. The SMILES string of the molecule is COC(=O)C1(Cc2ccc3nc([C@@H](NC(=O)OCc4ccccc4)C(C4CC4)C4CC4)cn3n2)CC(O)CNC1=O. The number of methoxy groups -OCH3 is 1. The molecule has 41 heavy (non-hydrogen) atoms. The summed E-state index contributed by atoms with van der Waals surface area (Å²) in [4.78, 5) is 43.4. The second kappa shape index (κ2) is 11.1. The summed E-state index contributed by atoms with van der Waals surface area (Å²) in [5, 5.41) is 20.6. The van der Waals surface area contributed by atoms with Gasteiger partial charge in [-0.1, -0.05) is 30.3 Å². The first kappa shape index (κ1) is 27.2. The van der Waals surface area contributed by atoms with E-state index < -0.39 is 29.5 Å². The maximum Gasteiger partial charge on any atom is 0.408 e. The second-order valence-corrected chi connectivity index (χ2v) is 11.5. The molecule has 3 heterocycles. The van der Waals surface area contributed by atoms with E-state index in [1.807, 2.05) is 30.3 Å². The minimum Gasteiger partial charge on any atom is -0.468 e. The fourth-order valence-electron chi connectivity index (χ4n) is 6.19. The summed E-state index contributed by atoms with van der Waals surface area (Å²) in [5.74, 6) is 0.131. The first-order chi connectivity index (χ1) is 19.9. The van der Waals surface area contributed by atoms with Crippen LogP contribution in [0.5, 0.6) is 0 Å². The number of fused-ring (bicyclic) bond motifs is 1. The van der Waals surface area contributed by atoms with E-state index in [0.717, 1.165) is 31.2 Å². The van der Waals surface area contributed by atoms with Gasteiger partial charge in [-0.05, 0) is 61.1 Å². The lowest BCUT2D eigenvalue weighted by Gasteiger charge is -2.35. The fraction of sp³-hybridized carbons (Fsp3) is 0.500. The Hall–Kier alpha value is -3.99. The number of nitrogens with one attached hydrogen (secondary N) is 2. The molecule has 1 aliphatic heterocycles. The van der Waals surface area contributed by atoms with Crippen LogP contribution < -0.4 is 10.6 Å². The van der Waals surface area contributed by atoms with Crippen LogP contribution in [-0.2, 0) is 32.1 Å². The van der Waals surface area contributed by atoms with Crippen LogP contribution in [-0.4, -0.2) is 57.4 Å². The summed E-state index contributed by atoms with van der Waals surface area (Å²) in [5.41, 5.74) is 1.09. The third-order valence-corrected chi connectivity index (χ3v) is 8.49. The number of amides is 2. The lowest BCUT2D eigenvalue weighted by molar-refractivity contribution is -0.164. The Kier molecular flexibility index (Phi) is 7.37. The molecule has 3 aromatic rings. The van der Waals surface area contributed by atoms with Crippen molar-refractivity contribution in [2.45, 2.75) is 57.3 Å². The first-order valence-electron chi connectivity index (χ1n) is 14.2. The highest BCUT2D eigenvalue weighted by Gasteiger charge is 2.51. The van der Waals surface area contributed by atoms with E-state index in [4.69, 9.17) is 14.5 Å². The molecule has 0 spiro atoms. The molecule has 0 radical (unpaired) electrons. The van der Waals surface area contributed by atoms with E-state index in [9.17, 15) is 19.5 Å².